The second-order valence-corrected chi connectivity index (χ2v) is 3.17. The second kappa shape index (κ2) is 4.51. The van der Waals surface area contributed by atoms with Crippen LogP contribution in [0.5, 0.6) is 0 Å². The van der Waals surface area contributed by atoms with Gasteiger partial charge in [0.25, 0.3) is 0 Å². The summed E-state index contributed by atoms with van der Waals surface area (Å²) in [5.41, 5.74) is 2.11. The summed E-state index contributed by atoms with van der Waals surface area (Å²) >= 11 is 5.76. The van der Waals surface area contributed by atoms with Crippen LogP contribution in [0.25, 0.3) is 0 Å². The van der Waals surface area contributed by atoms with Crippen molar-refractivity contribution < 1.29 is 4.52 Å². The van der Waals surface area contributed by atoms with Crippen molar-refractivity contribution in [3.63, 3.8) is 0 Å². The molecule has 0 aliphatic rings. The SMILES string of the molecule is CCCCc1noc(C)c1CCl. The Bertz CT molecular complexity index is 245. The fraction of sp³-hybridized carbons (Fsp3) is 0.667. The molecule has 0 aliphatic carbocycles. The number of nitrogens with zero attached hydrogens (tertiary/aromatic N) is 1. The molecule has 0 N–H and O–H groups in total. The van der Waals surface area contributed by atoms with Crippen molar-refractivity contribution in [3.8, 4) is 0 Å². The molecule has 0 spiro atoms. The Morgan fingerprint density at radius 2 is 2.25 bits per heavy atom. The van der Waals surface area contributed by atoms with Crippen LogP contribution < -0.4 is 0 Å². The normalized spacial score (nSPS) is 10.6. The van der Waals surface area contributed by atoms with Crippen LogP contribution in [0, 0.1) is 6.92 Å². The molecule has 68 valence electrons. The first-order chi connectivity index (χ1) is 5.79. The predicted molar refractivity (Wildman–Crippen MR) is 49.4 cm³/mol. The fourth-order valence-corrected chi connectivity index (χ4v) is 1.49. The van der Waals surface area contributed by atoms with Crippen molar-refractivity contribution in [2.45, 2.75) is 39.0 Å². The van der Waals surface area contributed by atoms with Gasteiger partial charge in [0, 0.05) is 5.56 Å². The summed E-state index contributed by atoms with van der Waals surface area (Å²) in [5.74, 6) is 1.37. The van der Waals surface area contributed by atoms with E-state index in [1.54, 1.807) is 0 Å². The average Bonchev–Trinajstić information content (AvgIpc) is 2.43. The van der Waals surface area contributed by atoms with Crippen LogP contribution in [-0.4, -0.2) is 5.16 Å². The standard InChI is InChI=1S/C9H14ClNO/c1-3-4-5-9-8(6-10)7(2)12-11-9/h3-6H2,1-2H3. The number of aryl methyl sites for hydroxylation is 2. The maximum absolute atomic E-state index is 5.76. The van der Waals surface area contributed by atoms with E-state index in [0.29, 0.717) is 5.88 Å². The van der Waals surface area contributed by atoms with Gasteiger partial charge in [-0.2, -0.15) is 0 Å². The molecule has 1 rings (SSSR count). The average molecular weight is 188 g/mol. The minimum absolute atomic E-state index is 0.508. The Morgan fingerprint density at radius 1 is 1.50 bits per heavy atom. The molecule has 0 atom stereocenters. The molecule has 0 saturated carbocycles. The van der Waals surface area contributed by atoms with Gasteiger partial charge in [0.05, 0.1) is 11.6 Å². The lowest BCUT2D eigenvalue weighted by atomic mass is 10.1. The first-order valence-electron chi connectivity index (χ1n) is 4.29. The molecule has 3 heteroatoms. The molecule has 2 nitrogen and oxygen atoms in total. The Morgan fingerprint density at radius 3 is 2.83 bits per heavy atom. The molecule has 0 radical (unpaired) electrons. The molecule has 0 amide bonds. The minimum Gasteiger partial charge on any atom is -0.361 e. The van der Waals surface area contributed by atoms with Gasteiger partial charge in [0.1, 0.15) is 5.76 Å². The lowest BCUT2D eigenvalue weighted by molar-refractivity contribution is 0.389. The Hall–Kier alpha value is -0.500. The predicted octanol–water partition coefficient (Wildman–Crippen LogP) is 3.06. The third-order valence-corrected chi connectivity index (χ3v) is 2.23. The molecular weight excluding hydrogens is 174 g/mol. The lowest BCUT2D eigenvalue weighted by Gasteiger charge is -1.95. The van der Waals surface area contributed by atoms with Crippen LogP contribution in [0.2, 0.25) is 0 Å². The van der Waals surface area contributed by atoms with Crippen molar-refractivity contribution >= 4 is 11.6 Å². The van der Waals surface area contributed by atoms with Crippen molar-refractivity contribution in [2.75, 3.05) is 0 Å². The largest absolute Gasteiger partial charge is 0.361 e. The highest BCUT2D eigenvalue weighted by molar-refractivity contribution is 6.17. The number of rotatable bonds is 4. The molecule has 1 aromatic heterocycles. The number of hydrogen-bond acceptors (Lipinski definition) is 2. The fourth-order valence-electron chi connectivity index (χ4n) is 1.15. The highest BCUT2D eigenvalue weighted by atomic mass is 35.5. The summed E-state index contributed by atoms with van der Waals surface area (Å²) in [6.07, 6.45) is 3.30. The van der Waals surface area contributed by atoms with E-state index < -0.39 is 0 Å². The summed E-state index contributed by atoms with van der Waals surface area (Å²) in [6, 6.07) is 0. The number of alkyl halides is 1. The van der Waals surface area contributed by atoms with Crippen LogP contribution in [0.15, 0.2) is 4.52 Å². The summed E-state index contributed by atoms with van der Waals surface area (Å²) in [5, 5.41) is 3.96. The van der Waals surface area contributed by atoms with E-state index in [1.807, 2.05) is 6.92 Å². The molecular formula is C9H14ClNO. The third-order valence-electron chi connectivity index (χ3n) is 1.97. The van der Waals surface area contributed by atoms with E-state index in [1.165, 1.54) is 6.42 Å². The van der Waals surface area contributed by atoms with Crippen LogP contribution in [-0.2, 0) is 12.3 Å². The van der Waals surface area contributed by atoms with E-state index in [4.69, 9.17) is 16.1 Å². The van der Waals surface area contributed by atoms with Crippen LogP contribution in [0.4, 0.5) is 0 Å². The van der Waals surface area contributed by atoms with E-state index in [0.717, 1.165) is 29.9 Å². The quantitative estimate of drug-likeness (QED) is 0.678. The maximum Gasteiger partial charge on any atom is 0.138 e. The number of hydrogen-bond donors (Lipinski definition) is 0. The Labute approximate surface area is 77.9 Å². The third kappa shape index (κ3) is 2.01. The molecule has 12 heavy (non-hydrogen) atoms. The summed E-state index contributed by atoms with van der Waals surface area (Å²) in [6.45, 7) is 4.06. The highest BCUT2D eigenvalue weighted by Crippen LogP contribution is 2.17. The van der Waals surface area contributed by atoms with Gasteiger partial charge in [-0.15, -0.1) is 11.6 Å². The summed E-state index contributed by atoms with van der Waals surface area (Å²) < 4.78 is 5.05. The van der Waals surface area contributed by atoms with Gasteiger partial charge in [0.15, 0.2) is 0 Å². The smallest absolute Gasteiger partial charge is 0.138 e. The van der Waals surface area contributed by atoms with E-state index in [9.17, 15) is 0 Å². The van der Waals surface area contributed by atoms with Crippen molar-refractivity contribution in [1.82, 2.24) is 5.16 Å². The maximum atomic E-state index is 5.76. The lowest BCUT2D eigenvalue weighted by Crippen LogP contribution is -1.90. The van der Waals surface area contributed by atoms with E-state index in [-0.39, 0.29) is 0 Å². The number of unbranched alkanes of at least 4 members (excludes halogenated alkanes) is 1. The molecule has 0 aromatic carbocycles. The first kappa shape index (κ1) is 9.59. The second-order valence-electron chi connectivity index (χ2n) is 2.90. The van der Waals surface area contributed by atoms with E-state index >= 15 is 0 Å². The van der Waals surface area contributed by atoms with E-state index in [2.05, 4.69) is 12.1 Å². The number of halogens is 1. The van der Waals surface area contributed by atoms with Crippen molar-refractivity contribution in [2.24, 2.45) is 0 Å². The van der Waals surface area contributed by atoms with Gasteiger partial charge in [-0.25, -0.2) is 0 Å². The molecule has 0 saturated heterocycles. The topological polar surface area (TPSA) is 26.0 Å². The highest BCUT2D eigenvalue weighted by Gasteiger charge is 2.10. The molecule has 0 bridgehead atoms. The van der Waals surface area contributed by atoms with Crippen LogP contribution in [0.1, 0.15) is 36.8 Å². The molecule has 0 aliphatic heterocycles. The van der Waals surface area contributed by atoms with Crippen LogP contribution >= 0.6 is 11.6 Å². The van der Waals surface area contributed by atoms with Crippen molar-refractivity contribution in [3.05, 3.63) is 17.0 Å². The molecule has 1 aromatic rings. The molecule has 1 heterocycles. The minimum atomic E-state index is 0.508. The van der Waals surface area contributed by atoms with Gasteiger partial charge in [0.2, 0.25) is 0 Å². The monoisotopic (exact) mass is 187 g/mol. The Balaban J connectivity index is 2.70. The molecule has 0 unspecified atom stereocenters. The zero-order valence-electron chi connectivity index (χ0n) is 7.56. The zero-order valence-corrected chi connectivity index (χ0v) is 8.32. The summed E-state index contributed by atoms with van der Waals surface area (Å²) in [7, 11) is 0. The van der Waals surface area contributed by atoms with Crippen molar-refractivity contribution in [1.29, 1.82) is 0 Å². The van der Waals surface area contributed by atoms with Crippen LogP contribution in [0.3, 0.4) is 0 Å². The van der Waals surface area contributed by atoms with Gasteiger partial charge in [-0.05, 0) is 19.8 Å². The first-order valence-corrected chi connectivity index (χ1v) is 4.83. The molecule has 0 fully saturated rings. The number of aromatic nitrogens is 1. The van der Waals surface area contributed by atoms with Gasteiger partial charge < -0.3 is 4.52 Å². The Kier molecular flexibility index (Phi) is 3.60. The van der Waals surface area contributed by atoms with Gasteiger partial charge in [-0.1, -0.05) is 18.5 Å². The summed E-state index contributed by atoms with van der Waals surface area (Å²) in [4.78, 5) is 0. The van der Waals surface area contributed by atoms with Gasteiger partial charge in [-0.3, -0.25) is 0 Å². The van der Waals surface area contributed by atoms with Gasteiger partial charge >= 0.3 is 0 Å². The zero-order chi connectivity index (χ0) is 8.97.